The van der Waals surface area contributed by atoms with E-state index in [-0.39, 0.29) is 22.7 Å². The molecule has 0 amide bonds. The van der Waals surface area contributed by atoms with Crippen LogP contribution in [0, 0.1) is 0 Å². The SMILES string of the molecule is COC(=O)CSC(c1ccccc1)c1cc(Cl)ccc1O. The molecule has 21 heavy (non-hydrogen) atoms. The number of carbonyl (C=O) groups is 1. The van der Waals surface area contributed by atoms with Crippen molar-refractivity contribution >= 4 is 29.3 Å². The summed E-state index contributed by atoms with van der Waals surface area (Å²) in [4.78, 5) is 11.4. The van der Waals surface area contributed by atoms with E-state index in [9.17, 15) is 9.90 Å². The number of hydrogen-bond acceptors (Lipinski definition) is 4. The highest BCUT2D eigenvalue weighted by Crippen LogP contribution is 2.40. The molecule has 110 valence electrons. The average molecular weight is 323 g/mol. The summed E-state index contributed by atoms with van der Waals surface area (Å²) in [7, 11) is 1.36. The number of hydrogen-bond donors (Lipinski definition) is 1. The highest BCUT2D eigenvalue weighted by Gasteiger charge is 2.20. The summed E-state index contributed by atoms with van der Waals surface area (Å²) in [6.07, 6.45) is 0. The Labute approximate surface area is 132 Å². The van der Waals surface area contributed by atoms with Crippen molar-refractivity contribution in [2.45, 2.75) is 5.25 Å². The molecule has 1 atom stereocenters. The van der Waals surface area contributed by atoms with Crippen molar-refractivity contribution in [1.82, 2.24) is 0 Å². The van der Waals surface area contributed by atoms with Gasteiger partial charge in [0, 0.05) is 10.6 Å². The van der Waals surface area contributed by atoms with Gasteiger partial charge in [-0.3, -0.25) is 4.79 Å². The van der Waals surface area contributed by atoms with Crippen molar-refractivity contribution in [1.29, 1.82) is 0 Å². The number of ether oxygens (including phenoxy) is 1. The van der Waals surface area contributed by atoms with Gasteiger partial charge in [0.2, 0.25) is 0 Å². The van der Waals surface area contributed by atoms with Gasteiger partial charge in [0.05, 0.1) is 18.1 Å². The van der Waals surface area contributed by atoms with Crippen LogP contribution in [0.25, 0.3) is 0 Å². The number of methoxy groups -OCH3 is 1. The van der Waals surface area contributed by atoms with Crippen LogP contribution in [0.1, 0.15) is 16.4 Å². The third kappa shape index (κ3) is 4.16. The Morgan fingerprint density at radius 1 is 1.29 bits per heavy atom. The van der Waals surface area contributed by atoms with Gasteiger partial charge in [0.1, 0.15) is 5.75 Å². The first-order chi connectivity index (χ1) is 10.1. The second kappa shape index (κ2) is 7.38. The van der Waals surface area contributed by atoms with Crippen LogP contribution in [0.3, 0.4) is 0 Å². The van der Waals surface area contributed by atoms with E-state index in [2.05, 4.69) is 4.74 Å². The lowest BCUT2D eigenvalue weighted by Gasteiger charge is -2.18. The zero-order valence-electron chi connectivity index (χ0n) is 11.5. The zero-order chi connectivity index (χ0) is 15.2. The van der Waals surface area contributed by atoms with Crippen molar-refractivity contribution in [3.63, 3.8) is 0 Å². The van der Waals surface area contributed by atoms with E-state index in [4.69, 9.17) is 11.6 Å². The largest absolute Gasteiger partial charge is 0.508 e. The lowest BCUT2D eigenvalue weighted by atomic mass is 10.0. The van der Waals surface area contributed by atoms with Crippen molar-refractivity contribution in [2.24, 2.45) is 0 Å². The number of phenols is 1. The molecule has 2 aromatic carbocycles. The number of phenolic OH excluding ortho intramolecular Hbond substituents is 1. The van der Waals surface area contributed by atoms with Gasteiger partial charge in [-0.05, 0) is 23.8 Å². The van der Waals surface area contributed by atoms with Gasteiger partial charge >= 0.3 is 5.97 Å². The van der Waals surface area contributed by atoms with Crippen LogP contribution in [0.15, 0.2) is 48.5 Å². The molecule has 1 unspecified atom stereocenters. The minimum absolute atomic E-state index is 0.158. The minimum Gasteiger partial charge on any atom is -0.508 e. The van der Waals surface area contributed by atoms with Crippen LogP contribution >= 0.6 is 23.4 Å². The van der Waals surface area contributed by atoms with E-state index < -0.39 is 0 Å². The fourth-order valence-corrected chi connectivity index (χ4v) is 3.26. The predicted molar refractivity (Wildman–Crippen MR) is 85.9 cm³/mol. The van der Waals surface area contributed by atoms with E-state index in [0.717, 1.165) is 5.56 Å². The molecule has 0 aromatic heterocycles. The van der Waals surface area contributed by atoms with Crippen molar-refractivity contribution in [3.05, 3.63) is 64.7 Å². The molecule has 0 radical (unpaired) electrons. The molecular weight excluding hydrogens is 308 g/mol. The molecule has 3 nitrogen and oxygen atoms in total. The normalized spacial score (nSPS) is 11.9. The summed E-state index contributed by atoms with van der Waals surface area (Å²) in [5.41, 5.74) is 1.67. The van der Waals surface area contributed by atoms with Gasteiger partial charge in [-0.1, -0.05) is 41.9 Å². The van der Waals surface area contributed by atoms with Crippen LogP contribution in [0.2, 0.25) is 5.02 Å². The Morgan fingerprint density at radius 2 is 2.00 bits per heavy atom. The highest BCUT2D eigenvalue weighted by atomic mass is 35.5. The van der Waals surface area contributed by atoms with E-state index in [0.29, 0.717) is 10.6 Å². The Bertz CT molecular complexity index is 616. The molecule has 0 saturated heterocycles. The molecule has 0 aliphatic rings. The first-order valence-corrected chi connectivity index (χ1v) is 7.76. The summed E-state index contributed by atoms with van der Waals surface area (Å²) in [5, 5.41) is 10.5. The fourth-order valence-electron chi connectivity index (χ4n) is 1.94. The molecule has 0 aliphatic heterocycles. The number of aromatic hydroxyl groups is 1. The molecule has 0 saturated carbocycles. The third-order valence-electron chi connectivity index (χ3n) is 2.97. The smallest absolute Gasteiger partial charge is 0.315 e. The Balaban J connectivity index is 2.35. The first-order valence-electron chi connectivity index (χ1n) is 6.33. The quantitative estimate of drug-likeness (QED) is 0.844. The second-order valence-corrected chi connectivity index (χ2v) is 5.91. The maximum absolute atomic E-state index is 11.4. The number of esters is 1. The van der Waals surface area contributed by atoms with Crippen LogP contribution in [-0.4, -0.2) is 23.9 Å². The first kappa shape index (κ1) is 15.7. The Hall–Kier alpha value is -1.65. The number of benzene rings is 2. The Kier molecular flexibility index (Phi) is 5.53. The van der Waals surface area contributed by atoms with Crippen LogP contribution in [0.5, 0.6) is 5.75 Å². The lowest BCUT2D eigenvalue weighted by molar-refractivity contribution is -0.137. The molecule has 2 rings (SSSR count). The molecule has 2 aromatic rings. The zero-order valence-corrected chi connectivity index (χ0v) is 13.0. The van der Waals surface area contributed by atoms with Crippen molar-refractivity contribution in [3.8, 4) is 5.75 Å². The standard InChI is InChI=1S/C16H15ClO3S/c1-20-15(19)10-21-16(11-5-3-2-4-6-11)13-9-12(17)7-8-14(13)18/h2-9,16,18H,10H2,1H3. The summed E-state index contributed by atoms with van der Waals surface area (Å²) in [6.45, 7) is 0. The molecule has 0 spiro atoms. The van der Waals surface area contributed by atoms with E-state index in [1.54, 1.807) is 18.2 Å². The molecule has 1 N–H and O–H groups in total. The van der Waals surface area contributed by atoms with Crippen LogP contribution in [0.4, 0.5) is 0 Å². The summed E-state index contributed by atoms with van der Waals surface area (Å²) >= 11 is 7.42. The number of halogens is 1. The Morgan fingerprint density at radius 3 is 2.67 bits per heavy atom. The molecule has 0 heterocycles. The molecule has 5 heteroatoms. The highest BCUT2D eigenvalue weighted by molar-refractivity contribution is 8.00. The summed E-state index contributed by atoms with van der Waals surface area (Å²) < 4.78 is 4.68. The number of rotatable bonds is 5. The maximum Gasteiger partial charge on any atom is 0.315 e. The van der Waals surface area contributed by atoms with Gasteiger partial charge in [0.25, 0.3) is 0 Å². The van der Waals surface area contributed by atoms with Crippen LogP contribution in [-0.2, 0) is 9.53 Å². The van der Waals surface area contributed by atoms with Gasteiger partial charge in [-0.2, -0.15) is 0 Å². The summed E-state index contributed by atoms with van der Waals surface area (Å²) in [5.74, 6) is 0.0511. The van der Waals surface area contributed by atoms with Gasteiger partial charge in [0.15, 0.2) is 0 Å². The van der Waals surface area contributed by atoms with E-state index >= 15 is 0 Å². The third-order valence-corrected chi connectivity index (χ3v) is 4.47. The minimum atomic E-state index is -0.303. The van der Waals surface area contributed by atoms with Gasteiger partial charge < -0.3 is 9.84 Å². The van der Waals surface area contributed by atoms with Gasteiger partial charge in [-0.25, -0.2) is 0 Å². The molecule has 0 bridgehead atoms. The van der Waals surface area contributed by atoms with Crippen LogP contribution < -0.4 is 0 Å². The average Bonchev–Trinajstić information content (AvgIpc) is 2.51. The van der Waals surface area contributed by atoms with E-state index in [1.165, 1.54) is 18.9 Å². The molecular formula is C16H15ClO3S. The lowest BCUT2D eigenvalue weighted by Crippen LogP contribution is -2.07. The van der Waals surface area contributed by atoms with E-state index in [1.807, 2.05) is 30.3 Å². The van der Waals surface area contributed by atoms with Crippen molar-refractivity contribution in [2.75, 3.05) is 12.9 Å². The fraction of sp³-hybridized carbons (Fsp3) is 0.188. The summed E-state index contributed by atoms with van der Waals surface area (Å²) in [6, 6.07) is 14.6. The molecule has 0 aliphatic carbocycles. The molecule has 0 fully saturated rings. The predicted octanol–water partition coefficient (Wildman–Crippen LogP) is 4.04. The topological polar surface area (TPSA) is 46.5 Å². The van der Waals surface area contributed by atoms with Crippen molar-refractivity contribution < 1.29 is 14.6 Å². The number of thioether (sulfide) groups is 1. The maximum atomic E-state index is 11.4. The second-order valence-electron chi connectivity index (χ2n) is 4.38. The monoisotopic (exact) mass is 322 g/mol. The van der Waals surface area contributed by atoms with Gasteiger partial charge in [-0.15, -0.1) is 11.8 Å². The number of carbonyl (C=O) groups excluding carboxylic acids is 1.